The molecule has 0 unspecified atom stereocenters. The summed E-state index contributed by atoms with van der Waals surface area (Å²) in [7, 11) is -8.96. The number of hydrogen-bond acceptors (Lipinski definition) is 6. The molecule has 4 aromatic carbocycles. The zero-order valence-corrected chi connectivity index (χ0v) is 22.7. The summed E-state index contributed by atoms with van der Waals surface area (Å²) in [4.78, 5) is -0.258. The molecule has 0 spiro atoms. The van der Waals surface area contributed by atoms with E-state index < -0.39 is 20.2 Å². The van der Waals surface area contributed by atoms with Gasteiger partial charge in [-0.1, -0.05) is 84.9 Å². The van der Waals surface area contributed by atoms with E-state index in [1.54, 1.807) is 72.8 Å². The van der Waals surface area contributed by atoms with E-state index in [4.69, 9.17) is 0 Å². The van der Waals surface area contributed by atoms with Crippen molar-refractivity contribution in [3.8, 4) is 0 Å². The second kappa shape index (κ2) is 12.3. The van der Waals surface area contributed by atoms with Crippen molar-refractivity contribution in [2.75, 3.05) is 0 Å². The molecule has 0 radical (unpaired) electrons. The number of benzene rings is 4. The molecule has 0 saturated carbocycles. The maximum atomic E-state index is 11.4. The molecule has 0 heterocycles. The molecule has 0 aliphatic carbocycles. The fraction of sp³-hybridized carbons (Fsp3) is 0.0769. The summed E-state index contributed by atoms with van der Waals surface area (Å²) in [5, 5.41) is 2.44. The fourth-order valence-corrected chi connectivity index (χ4v) is 5.65. The Balaban J connectivity index is 0.000000240. The van der Waals surface area contributed by atoms with Crippen LogP contribution in [0.4, 0.5) is 0 Å². The average Bonchev–Trinajstić information content (AvgIpc) is 2.78. The van der Waals surface area contributed by atoms with Crippen LogP contribution in [0.25, 0.3) is 21.5 Å². The van der Waals surface area contributed by atoms with Crippen LogP contribution in [0.5, 0.6) is 0 Å². The fourth-order valence-electron chi connectivity index (χ4n) is 3.80. The van der Waals surface area contributed by atoms with E-state index in [1.807, 2.05) is 12.1 Å². The summed E-state index contributed by atoms with van der Waals surface area (Å²) >= 11 is 0. The predicted octanol–water partition coefficient (Wildman–Crippen LogP) is 4.56. The zero-order chi connectivity index (χ0) is 24.9. The summed E-state index contributed by atoms with van der Waals surface area (Å²) in [6.45, 7) is 7.12. The Labute approximate surface area is 235 Å². The van der Waals surface area contributed by atoms with Crippen LogP contribution in [0.1, 0.15) is 11.1 Å². The van der Waals surface area contributed by atoms with Gasteiger partial charge in [0.25, 0.3) is 0 Å². The van der Waals surface area contributed by atoms with Crippen molar-refractivity contribution in [3.05, 3.63) is 109 Å². The van der Waals surface area contributed by atoms with Crippen LogP contribution in [-0.2, 0) is 33.1 Å². The largest absolute Gasteiger partial charge is 2.00 e. The quantitative estimate of drug-likeness (QED) is 0.203. The van der Waals surface area contributed by atoms with Crippen LogP contribution >= 0.6 is 0 Å². The molecule has 4 aromatic rings. The molecule has 0 aliphatic rings. The molecule has 0 atom stereocenters. The van der Waals surface area contributed by atoms with Gasteiger partial charge in [0, 0.05) is 0 Å². The summed E-state index contributed by atoms with van der Waals surface area (Å²) < 4.78 is 68.1. The second-order valence-corrected chi connectivity index (χ2v) is 10.1. The Bertz CT molecular complexity index is 1470. The van der Waals surface area contributed by atoms with E-state index in [0.717, 1.165) is 10.8 Å². The molecule has 0 amide bonds. The third-order valence-corrected chi connectivity index (χ3v) is 7.11. The third-order valence-electron chi connectivity index (χ3n) is 5.15. The van der Waals surface area contributed by atoms with Crippen molar-refractivity contribution in [1.29, 1.82) is 0 Å². The number of rotatable bonds is 6. The number of fused-ring (bicyclic) bond motifs is 2. The Morgan fingerprint density at radius 2 is 0.943 bits per heavy atom. The molecule has 0 saturated heterocycles. The summed E-state index contributed by atoms with van der Waals surface area (Å²) in [5.41, 5.74) is 0.988. The summed E-state index contributed by atoms with van der Waals surface area (Å²) in [5.74, 6) is 0. The minimum absolute atomic E-state index is 0. The smallest absolute Gasteiger partial charge is 0.744 e. The second-order valence-electron chi connectivity index (χ2n) is 7.44. The maximum Gasteiger partial charge on any atom is 2.00 e. The van der Waals surface area contributed by atoms with Gasteiger partial charge < -0.3 is 9.11 Å². The zero-order valence-electron chi connectivity index (χ0n) is 18.9. The Morgan fingerprint density at radius 1 is 0.600 bits per heavy atom. The third kappa shape index (κ3) is 7.01. The summed E-state index contributed by atoms with van der Waals surface area (Å²) in [6, 6.07) is 20.8. The first-order chi connectivity index (χ1) is 16.1. The van der Waals surface area contributed by atoms with Gasteiger partial charge in [0.15, 0.2) is 0 Å². The van der Waals surface area contributed by atoms with Gasteiger partial charge >= 0.3 is 37.7 Å². The van der Waals surface area contributed by atoms with E-state index in [0.29, 0.717) is 34.7 Å². The van der Waals surface area contributed by atoms with Crippen molar-refractivity contribution in [1.82, 2.24) is 0 Å². The van der Waals surface area contributed by atoms with Gasteiger partial charge in [-0.15, -0.1) is 13.2 Å². The SMILES string of the molecule is C=CCc1ccc2ccccc2c1S(=O)(=O)[O-].C=CCc1ccc2ccccc2c1S(=O)(=O)[O-].[Ca+2]. The van der Waals surface area contributed by atoms with E-state index in [-0.39, 0.29) is 47.5 Å². The van der Waals surface area contributed by atoms with Gasteiger partial charge in [-0.25, -0.2) is 16.8 Å². The number of allylic oxidation sites excluding steroid dienone is 2. The first-order valence-corrected chi connectivity index (χ1v) is 13.0. The van der Waals surface area contributed by atoms with Crippen LogP contribution in [0.3, 0.4) is 0 Å². The molecule has 35 heavy (non-hydrogen) atoms. The molecule has 6 nitrogen and oxygen atoms in total. The normalized spacial score (nSPS) is 11.3. The molecule has 0 aromatic heterocycles. The van der Waals surface area contributed by atoms with Crippen LogP contribution in [-0.4, -0.2) is 63.7 Å². The molecule has 0 fully saturated rings. The van der Waals surface area contributed by atoms with Crippen LogP contribution in [0.2, 0.25) is 0 Å². The van der Waals surface area contributed by atoms with E-state index >= 15 is 0 Å². The standard InChI is InChI=1S/2C13H12O3S.Ca/c2*1-2-5-11-9-8-10-6-3-4-7-12(10)13(11)17(14,15)16;/h2*2-4,6-9H,1,5H2,(H,14,15,16);/q;;+2/p-2. The molecular formula is C26H22CaO6S2. The summed E-state index contributed by atoms with van der Waals surface area (Å²) in [6.07, 6.45) is 3.89. The van der Waals surface area contributed by atoms with Gasteiger partial charge in [-0.05, 0) is 45.5 Å². The maximum absolute atomic E-state index is 11.4. The Kier molecular flexibility index (Phi) is 10.2. The molecule has 9 heteroatoms. The predicted molar refractivity (Wildman–Crippen MR) is 137 cm³/mol. The van der Waals surface area contributed by atoms with Gasteiger partial charge in [0.05, 0.1) is 9.79 Å². The Morgan fingerprint density at radius 3 is 1.26 bits per heavy atom. The van der Waals surface area contributed by atoms with Gasteiger partial charge in [-0.2, -0.15) is 0 Å². The molecular weight excluding hydrogens is 512 g/mol. The molecule has 176 valence electrons. The van der Waals surface area contributed by atoms with Gasteiger partial charge in [-0.3, -0.25) is 0 Å². The van der Waals surface area contributed by atoms with Gasteiger partial charge in [0.1, 0.15) is 20.2 Å². The first-order valence-electron chi connectivity index (χ1n) is 10.2. The van der Waals surface area contributed by atoms with Crippen molar-refractivity contribution in [2.24, 2.45) is 0 Å². The van der Waals surface area contributed by atoms with E-state index in [9.17, 15) is 25.9 Å². The molecule has 4 rings (SSSR count). The topological polar surface area (TPSA) is 114 Å². The average molecular weight is 535 g/mol. The first kappa shape index (κ1) is 29.2. The van der Waals surface area contributed by atoms with Crippen LogP contribution < -0.4 is 0 Å². The van der Waals surface area contributed by atoms with Crippen molar-refractivity contribution in [3.63, 3.8) is 0 Å². The minimum Gasteiger partial charge on any atom is -0.744 e. The molecule has 0 bridgehead atoms. The number of hydrogen-bond donors (Lipinski definition) is 0. The van der Waals surface area contributed by atoms with E-state index in [1.165, 1.54) is 0 Å². The van der Waals surface area contributed by atoms with Crippen molar-refractivity contribution < 1.29 is 25.9 Å². The van der Waals surface area contributed by atoms with Crippen molar-refractivity contribution >= 4 is 79.5 Å². The monoisotopic (exact) mass is 534 g/mol. The van der Waals surface area contributed by atoms with E-state index in [2.05, 4.69) is 13.2 Å². The molecule has 0 aliphatic heterocycles. The Hall–Kier alpha value is -2.04. The van der Waals surface area contributed by atoms with Gasteiger partial charge in [0.2, 0.25) is 0 Å². The minimum atomic E-state index is -4.48. The molecule has 0 N–H and O–H groups in total. The van der Waals surface area contributed by atoms with Crippen molar-refractivity contribution in [2.45, 2.75) is 22.6 Å². The van der Waals surface area contributed by atoms with Crippen LogP contribution in [0, 0.1) is 0 Å². The van der Waals surface area contributed by atoms with Crippen LogP contribution in [0.15, 0.2) is 108 Å².